The lowest BCUT2D eigenvalue weighted by Crippen LogP contribution is -2.26. The van der Waals surface area contributed by atoms with Crippen molar-refractivity contribution in [2.24, 2.45) is 0 Å². The second-order valence-corrected chi connectivity index (χ2v) is 1.90. The van der Waals surface area contributed by atoms with Gasteiger partial charge in [-0.25, -0.2) is 0 Å². The van der Waals surface area contributed by atoms with Gasteiger partial charge in [-0.15, -0.1) is 0 Å². The fourth-order valence-corrected chi connectivity index (χ4v) is 0.493. The van der Waals surface area contributed by atoms with Gasteiger partial charge in [0.25, 0.3) is 0 Å². The van der Waals surface area contributed by atoms with Gasteiger partial charge in [0.2, 0.25) is 0 Å². The minimum Gasteiger partial charge on any atom is -0.365 e. The Bertz CT molecular complexity index is 59.5. The highest BCUT2D eigenvalue weighted by atomic mass is 16.6. The number of hydrogen-bond acceptors (Lipinski definition) is 2. The van der Waals surface area contributed by atoms with Crippen molar-refractivity contribution >= 4 is 0 Å². The molecule has 8 heavy (non-hydrogen) atoms. The molecule has 0 aliphatic rings. The zero-order chi connectivity index (χ0) is 6.62. The van der Waals surface area contributed by atoms with E-state index in [1.807, 2.05) is 6.92 Å². The highest BCUT2D eigenvalue weighted by Gasteiger charge is 2.16. The van der Waals surface area contributed by atoms with Gasteiger partial charge < -0.3 is 9.84 Å². The molecule has 0 amide bonds. The minimum atomic E-state index is -1.16. The van der Waals surface area contributed by atoms with Crippen LogP contribution in [0.4, 0.5) is 0 Å². The Balaban J connectivity index is 3.37. The summed E-state index contributed by atoms with van der Waals surface area (Å²) in [5, 5.41) is 8.99. The minimum absolute atomic E-state index is 0.587. The van der Waals surface area contributed by atoms with Crippen molar-refractivity contribution in [3.8, 4) is 0 Å². The first-order chi connectivity index (χ1) is 3.62. The van der Waals surface area contributed by atoms with Crippen LogP contribution in [-0.2, 0) is 4.74 Å². The van der Waals surface area contributed by atoms with E-state index in [0.29, 0.717) is 6.42 Å². The summed E-state index contributed by atoms with van der Waals surface area (Å²) in [5.41, 5.74) is 0. The summed E-state index contributed by atoms with van der Waals surface area (Å²) in [6.07, 6.45) is 1.47. The van der Waals surface area contributed by atoms with Crippen LogP contribution in [0.5, 0.6) is 0 Å². The van der Waals surface area contributed by atoms with Gasteiger partial charge in [0, 0.05) is 20.5 Å². The monoisotopic (exact) mass is 117 g/mol. The van der Waals surface area contributed by atoms with E-state index in [9.17, 15) is 0 Å². The average Bonchev–Trinajstić information content (AvgIpc) is 1.67. The lowest BCUT2D eigenvalue weighted by molar-refractivity contribution is -0.153. The van der Waals surface area contributed by atoms with Crippen LogP contribution in [0.25, 0.3) is 0 Å². The fraction of sp³-hybridized carbons (Fsp3) is 0.833. The number of rotatable bonds is 3. The summed E-state index contributed by atoms with van der Waals surface area (Å²) >= 11 is 0. The second kappa shape index (κ2) is 3.05. The molecule has 0 aliphatic carbocycles. The lowest BCUT2D eigenvalue weighted by atomic mass is 10.2. The smallest absolute Gasteiger partial charge is 0.165 e. The molecule has 0 fully saturated rings. The first kappa shape index (κ1) is 7.92. The van der Waals surface area contributed by atoms with Gasteiger partial charge in [0.05, 0.1) is 0 Å². The van der Waals surface area contributed by atoms with Crippen molar-refractivity contribution in [2.45, 2.75) is 25.6 Å². The van der Waals surface area contributed by atoms with Crippen LogP contribution in [0.2, 0.25) is 0 Å². The van der Waals surface area contributed by atoms with Crippen LogP contribution >= 0.6 is 0 Å². The van der Waals surface area contributed by atoms with Crippen molar-refractivity contribution in [3.05, 3.63) is 6.92 Å². The summed E-state index contributed by atoms with van der Waals surface area (Å²) in [4.78, 5) is 0. The molecule has 0 bridgehead atoms. The Morgan fingerprint density at radius 1 is 1.75 bits per heavy atom. The highest BCUT2D eigenvalue weighted by molar-refractivity contribution is 4.66. The molecule has 0 saturated heterocycles. The van der Waals surface area contributed by atoms with E-state index in [4.69, 9.17) is 5.11 Å². The molecule has 0 aromatic carbocycles. The van der Waals surface area contributed by atoms with E-state index in [0.717, 1.165) is 6.42 Å². The summed E-state index contributed by atoms with van der Waals surface area (Å²) in [6, 6.07) is 0. The molecular formula is C6H13O2. The SMILES string of the molecule is [CH2]C(O)(CCC)OC. The van der Waals surface area contributed by atoms with Gasteiger partial charge >= 0.3 is 0 Å². The molecule has 1 radical (unpaired) electrons. The standard InChI is InChI=1S/C6H13O2/c1-4-5-6(2,7)8-3/h7H,2,4-5H2,1,3H3. The van der Waals surface area contributed by atoms with Crippen LogP contribution in [0.3, 0.4) is 0 Å². The van der Waals surface area contributed by atoms with Gasteiger partial charge in [-0.05, 0) is 0 Å². The van der Waals surface area contributed by atoms with Crippen LogP contribution in [0.1, 0.15) is 19.8 Å². The second-order valence-electron chi connectivity index (χ2n) is 1.90. The van der Waals surface area contributed by atoms with Crippen molar-refractivity contribution in [3.63, 3.8) is 0 Å². The largest absolute Gasteiger partial charge is 0.365 e. The maximum Gasteiger partial charge on any atom is 0.165 e. The number of aliphatic hydroxyl groups is 1. The zero-order valence-electron chi connectivity index (χ0n) is 5.48. The van der Waals surface area contributed by atoms with Crippen molar-refractivity contribution in [1.29, 1.82) is 0 Å². The summed E-state index contributed by atoms with van der Waals surface area (Å²) in [7, 11) is 1.45. The Labute approximate surface area is 50.5 Å². The van der Waals surface area contributed by atoms with Crippen molar-refractivity contribution < 1.29 is 9.84 Å². The number of methoxy groups -OCH3 is 1. The van der Waals surface area contributed by atoms with Gasteiger partial charge in [-0.1, -0.05) is 13.3 Å². The first-order valence-corrected chi connectivity index (χ1v) is 2.75. The molecule has 0 aromatic rings. The topological polar surface area (TPSA) is 29.5 Å². The molecule has 1 N–H and O–H groups in total. The Morgan fingerprint density at radius 3 is 2.38 bits per heavy atom. The summed E-state index contributed by atoms with van der Waals surface area (Å²) < 4.78 is 4.62. The quantitative estimate of drug-likeness (QED) is 0.558. The van der Waals surface area contributed by atoms with E-state index in [-0.39, 0.29) is 0 Å². The van der Waals surface area contributed by atoms with E-state index < -0.39 is 5.79 Å². The van der Waals surface area contributed by atoms with Crippen LogP contribution in [-0.4, -0.2) is 18.0 Å². The molecular weight excluding hydrogens is 104 g/mol. The van der Waals surface area contributed by atoms with Gasteiger partial charge in [0.15, 0.2) is 5.79 Å². The third-order valence-corrected chi connectivity index (χ3v) is 1.02. The van der Waals surface area contributed by atoms with Gasteiger partial charge in [0.1, 0.15) is 0 Å². The molecule has 0 aromatic heterocycles. The molecule has 0 spiro atoms. The fourth-order valence-electron chi connectivity index (χ4n) is 0.493. The van der Waals surface area contributed by atoms with E-state index >= 15 is 0 Å². The van der Waals surface area contributed by atoms with Crippen LogP contribution in [0, 0.1) is 6.92 Å². The van der Waals surface area contributed by atoms with Crippen molar-refractivity contribution in [2.75, 3.05) is 7.11 Å². The molecule has 0 aliphatic heterocycles. The predicted octanol–water partition coefficient (Wildman–Crippen LogP) is 0.956. The summed E-state index contributed by atoms with van der Waals surface area (Å²) in [6.45, 7) is 5.38. The van der Waals surface area contributed by atoms with E-state index in [2.05, 4.69) is 11.7 Å². The molecule has 1 atom stereocenters. The van der Waals surface area contributed by atoms with Gasteiger partial charge in [-0.2, -0.15) is 0 Å². The van der Waals surface area contributed by atoms with Crippen LogP contribution < -0.4 is 0 Å². The Hall–Kier alpha value is -0.0800. The van der Waals surface area contributed by atoms with E-state index in [1.165, 1.54) is 7.11 Å². The van der Waals surface area contributed by atoms with Crippen LogP contribution in [0.15, 0.2) is 0 Å². The van der Waals surface area contributed by atoms with E-state index in [1.54, 1.807) is 0 Å². The highest BCUT2D eigenvalue weighted by Crippen LogP contribution is 2.10. The molecule has 0 rings (SSSR count). The molecule has 2 heteroatoms. The zero-order valence-corrected chi connectivity index (χ0v) is 5.48. The third kappa shape index (κ3) is 2.99. The molecule has 1 unspecified atom stereocenters. The predicted molar refractivity (Wildman–Crippen MR) is 32.2 cm³/mol. The lowest BCUT2D eigenvalue weighted by Gasteiger charge is -2.19. The normalized spacial score (nSPS) is 18.0. The Morgan fingerprint density at radius 2 is 2.25 bits per heavy atom. The first-order valence-electron chi connectivity index (χ1n) is 2.75. The summed E-state index contributed by atoms with van der Waals surface area (Å²) in [5.74, 6) is -1.16. The third-order valence-electron chi connectivity index (χ3n) is 1.02. The average molecular weight is 117 g/mol. The molecule has 0 saturated carbocycles. The number of ether oxygens (including phenoxy) is 1. The molecule has 2 nitrogen and oxygen atoms in total. The Kier molecular flexibility index (Phi) is 3.02. The van der Waals surface area contributed by atoms with Crippen molar-refractivity contribution in [1.82, 2.24) is 0 Å². The molecule has 49 valence electrons. The maximum absolute atomic E-state index is 8.99. The maximum atomic E-state index is 8.99. The van der Waals surface area contributed by atoms with Gasteiger partial charge in [-0.3, -0.25) is 0 Å². The molecule has 0 heterocycles. The number of hydrogen-bond donors (Lipinski definition) is 1.